The number of Topliss-reactive ketones (excluding diaryl/α,β-unsaturated/α-hetero) is 1. The molecule has 0 saturated carbocycles. The Bertz CT molecular complexity index is 170. The molecular weight excluding hydrogens is 166 g/mol. The standard InChI is InChI=1S/C10H19NO2/c1-9(5-7-13-2)11-6-3-4-10(12)8-11/h9H,3-8H2,1-2H3. The fourth-order valence-electron chi connectivity index (χ4n) is 1.71. The number of carbonyl (C=O) groups excluding carboxylic acids is 1. The van der Waals surface area contributed by atoms with Crippen LogP contribution >= 0.6 is 0 Å². The molecule has 1 atom stereocenters. The number of piperidine rings is 1. The van der Waals surface area contributed by atoms with Crippen molar-refractivity contribution in [3.63, 3.8) is 0 Å². The van der Waals surface area contributed by atoms with Crippen molar-refractivity contribution in [2.75, 3.05) is 26.8 Å². The van der Waals surface area contributed by atoms with Gasteiger partial charge in [-0.25, -0.2) is 0 Å². The van der Waals surface area contributed by atoms with Crippen molar-refractivity contribution in [3.8, 4) is 0 Å². The largest absolute Gasteiger partial charge is 0.385 e. The summed E-state index contributed by atoms with van der Waals surface area (Å²) in [5.74, 6) is 0.385. The lowest BCUT2D eigenvalue weighted by atomic mass is 10.1. The minimum Gasteiger partial charge on any atom is -0.385 e. The lowest BCUT2D eigenvalue weighted by Crippen LogP contribution is -2.41. The van der Waals surface area contributed by atoms with Gasteiger partial charge in [-0.2, -0.15) is 0 Å². The second-order valence-corrected chi connectivity index (χ2v) is 3.74. The molecule has 1 rings (SSSR count). The Balaban J connectivity index is 2.28. The summed E-state index contributed by atoms with van der Waals surface area (Å²) < 4.78 is 5.02. The topological polar surface area (TPSA) is 29.5 Å². The van der Waals surface area contributed by atoms with Crippen LogP contribution in [0.25, 0.3) is 0 Å². The summed E-state index contributed by atoms with van der Waals surface area (Å²) in [4.78, 5) is 13.4. The Kier molecular flexibility index (Phi) is 4.39. The molecule has 13 heavy (non-hydrogen) atoms. The quantitative estimate of drug-likeness (QED) is 0.656. The first-order valence-corrected chi connectivity index (χ1v) is 4.98. The summed E-state index contributed by atoms with van der Waals surface area (Å²) in [6.07, 6.45) is 2.81. The average molecular weight is 185 g/mol. The molecule has 0 amide bonds. The van der Waals surface area contributed by atoms with Crippen LogP contribution in [0.15, 0.2) is 0 Å². The Hall–Kier alpha value is -0.410. The minimum absolute atomic E-state index is 0.385. The van der Waals surface area contributed by atoms with Crippen molar-refractivity contribution in [3.05, 3.63) is 0 Å². The van der Waals surface area contributed by atoms with Gasteiger partial charge in [0.15, 0.2) is 0 Å². The van der Waals surface area contributed by atoms with Crippen LogP contribution in [0.4, 0.5) is 0 Å². The molecule has 0 radical (unpaired) electrons. The van der Waals surface area contributed by atoms with Crippen LogP contribution in [0.2, 0.25) is 0 Å². The zero-order valence-electron chi connectivity index (χ0n) is 8.58. The summed E-state index contributed by atoms with van der Waals surface area (Å²) in [7, 11) is 1.72. The Morgan fingerprint density at radius 1 is 1.62 bits per heavy atom. The normalized spacial score (nSPS) is 21.8. The molecule has 1 aliphatic rings. The van der Waals surface area contributed by atoms with Gasteiger partial charge in [-0.05, 0) is 26.3 Å². The van der Waals surface area contributed by atoms with Gasteiger partial charge < -0.3 is 4.74 Å². The molecule has 1 fully saturated rings. The van der Waals surface area contributed by atoms with E-state index in [1.54, 1.807) is 7.11 Å². The van der Waals surface area contributed by atoms with E-state index in [4.69, 9.17) is 4.74 Å². The zero-order valence-corrected chi connectivity index (χ0v) is 8.58. The highest BCUT2D eigenvalue weighted by Crippen LogP contribution is 2.11. The monoisotopic (exact) mass is 185 g/mol. The third-order valence-electron chi connectivity index (χ3n) is 2.64. The van der Waals surface area contributed by atoms with E-state index in [0.29, 0.717) is 18.4 Å². The summed E-state index contributed by atoms with van der Waals surface area (Å²) in [6, 6.07) is 0.476. The number of hydrogen-bond donors (Lipinski definition) is 0. The van der Waals surface area contributed by atoms with Crippen LogP contribution in [0.1, 0.15) is 26.2 Å². The van der Waals surface area contributed by atoms with Crippen molar-refractivity contribution in [1.29, 1.82) is 0 Å². The van der Waals surface area contributed by atoms with E-state index >= 15 is 0 Å². The third kappa shape index (κ3) is 3.44. The molecule has 0 N–H and O–H groups in total. The fraction of sp³-hybridized carbons (Fsp3) is 0.900. The van der Waals surface area contributed by atoms with Crippen LogP contribution in [-0.4, -0.2) is 43.5 Å². The summed E-state index contributed by atoms with van der Waals surface area (Å²) >= 11 is 0. The van der Waals surface area contributed by atoms with E-state index < -0.39 is 0 Å². The second-order valence-electron chi connectivity index (χ2n) is 3.74. The highest BCUT2D eigenvalue weighted by molar-refractivity contribution is 5.81. The zero-order chi connectivity index (χ0) is 9.68. The SMILES string of the molecule is COCCC(C)N1CCCC(=O)C1. The number of carbonyl (C=O) groups is 1. The van der Waals surface area contributed by atoms with Gasteiger partial charge in [0.05, 0.1) is 6.54 Å². The molecule has 3 heteroatoms. The molecule has 0 bridgehead atoms. The fourth-order valence-corrected chi connectivity index (χ4v) is 1.71. The first-order chi connectivity index (χ1) is 6.24. The van der Waals surface area contributed by atoms with Gasteiger partial charge in [0, 0.05) is 26.2 Å². The van der Waals surface area contributed by atoms with Gasteiger partial charge in [0.1, 0.15) is 5.78 Å². The molecule has 0 aliphatic carbocycles. The second kappa shape index (κ2) is 5.35. The van der Waals surface area contributed by atoms with Crippen molar-refractivity contribution in [2.24, 2.45) is 0 Å². The van der Waals surface area contributed by atoms with Crippen LogP contribution in [0.5, 0.6) is 0 Å². The summed E-state index contributed by atoms with van der Waals surface area (Å²) in [6.45, 7) is 4.66. The van der Waals surface area contributed by atoms with Crippen molar-refractivity contribution in [2.45, 2.75) is 32.2 Å². The molecule has 0 aromatic carbocycles. The highest BCUT2D eigenvalue weighted by atomic mass is 16.5. The number of nitrogens with zero attached hydrogens (tertiary/aromatic N) is 1. The molecule has 1 unspecified atom stereocenters. The Morgan fingerprint density at radius 3 is 3.00 bits per heavy atom. The van der Waals surface area contributed by atoms with E-state index in [0.717, 1.165) is 32.4 Å². The Labute approximate surface area is 80.1 Å². The predicted molar refractivity (Wildman–Crippen MR) is 51.8 cm³/mol. The molecular formula is C10H19NO2. The maximum atomic E-state index is 11.2. The number of rotatable bonds is 4. The predicted octanol–water partition coefficient (Wildman–Crippen LogP) is 1.08. The molecule has 1 saturated heterocycles. The van der Waals surface area contributed by atoms with E-state index in [-0.39, 0.29) is 0 Å². The lowest BCUT2D eigenvalue weighted by molar-refractivity contribution is -0.122. The van der Waals surface area contributed by atoms with Gasteiger partial charge in [-0.3, -0.25) is 9.69 Å². The van der Waals surface area contributed by atoms with Crippen LogP contribution < -0.4 is 0 Å². The maximum absolute atomic E-state index is 11.2. The summed E-state index contributed by atoms with van der Waals surface area (Å²) in [5.41, 5.74) is 0. The Morgan fingerprint density at radius 2 is 2.38 bits per heavy atom. The number of ether oxygens (including phenoxy) is 1. The summed E-state index contributed by atoms with van der Waals surface area (Å²) in [5, 5.41) is 0. The van der Waals surface area contributed by atoms with Gasteiger partial charge in [-0.1, -0.05) is 0 Å². The molecule has 0 aromatic rings. The van der Waals surface area contributed by atoms with E-state index in [1.807, 2.05) is 0 Å². The van der Waals surface area contributed by atoms with Crippen LogP contribution in [-0.2, 0) is 9.53 Å². The molecule has 76 valence electrons. The molecule has 3 nitrogen and oxygen atoms in total. The van der Waals surface area contributed by atoms with Gasteiger partial charge in [0.25, 0.3) is 0 Å². The smallest absolute Gasteiger partial charge is 0.146 e. The molecule has 0 spiro atoms. The lowest BCUT2D eigenvalue weighted by Gasteiger charge is -2.31. The van der Waals surface area contributed by atoms with Gasteiger partial charge >= 0.3 is 0 Å². The van der Waals surface area contributed by atoms with Gasteiger partial charge in [0.2, 0.25) is 0 Å². The van der Waals surface area contributed by atoms with Crippen molar-refractivity contribution in [1.82, 2.24) is 4.90 Å². The third-order valence-corrected chi connectivity index (χ3v) is 2.64. The number of likely N-dealkylation sites (tertiary alicyclic amines) is 1. The molecule has 1 heterocycles. The number of hydrogen-bond acceptors (Lipinski definition) is 3. The first kappa shape index (κ1) is 10.7. The maximum Gasteiger partial charge on any atom is 0.146 e. The first-order valence-electron chi connectivity index (χ1n) is 4.98. The van der Waals surface area contributed by atoms with E-state index in [9.17, 15) is 4.79 Å². The average Bonchev–Trinajstić information content (AvgIpc) is 2.14. The van der Waals surface area contributed by atoms with E-state index in [2.05, 4.69) is 11.8 Å². The van der Waals surface area contributed by atoms with E-state index in [1.165, 1.54) is 0 Å². The number of methoxy groups -OCH3 is 1. The van der Waals surface area contributed by atoms with Gasteiger partial charge in [-0.15, -0.1) is 0 Å². The van der Waals surface area contributed by atoms with Crippen molar-refractivity contribution < 1.29 is 9.53 Å². The molecule has 1 aliphatic heterocycles. The minimum atomic E-state index is 0.385. The molecule has 0 aromatic heterocycles. The highest BCUT2D eigenvalue weighted by Gasteiger charge is 2.20. The van der Waals surface area contributed by atoms with Crippen LogP contribution in [0, 0.1) is 0 Å². The van der Waals surface area contributed by atoms with Crippen LogP contribution in [0.3, 0.4) is 0 Å². The van der Waals surface area contributed by atoms with Crippen molar-refractivity contribution >= 4 is 5.78 Å². The number of ketones is 1.